The second-order valence-electron chi connectivity index (χ2n) is 7.51. The van der Waals surface area contributed by atoms with Crippen LogP contribution in [0.25, 0.3) is 0 Å². The van der Waals surface area contributed by atoms with Crippen LogP contribution in [0.3, 0.4) is 0 Å². The van der Waals surface area contributed by atoms with Gasteiger partial charge in [0.05, 0.1) is 18.4 Å². The van der Waals surface area contributed by atoms with Crippen LogP contribution in [0.1, 0.15) is 24.8 Å². The number of carbonyl (C=O) groups is 2. The summed E-state index contributed by atoms with van der Waals surface area (Å²) in [5.41, 5.74) is 2.16. The highest BCUT2D eigenvalue weighted by Crippen LogP contribution is 2.34. The first-order valence-corrected chi connectivity index (χ1v) is 9.62. The number of rotatable bonds is 3. The van der Waals surface area contributed by atoms with Crippen LogP contribution in [-0.4, -0.2) is 46.2 Å². The molecule has 2 aliphatic heterocycles. The van der Waals surface area contributed by atoms with Crippen LogP contribution < -0.4 is 10.6 Å². The van der Waals surface area contributed by atoms with Crippen molar-refractivity contribution in [1.82, 2.24) is 9.88 Å². The van der Waals surface area contributed by atoms with Gasteiger partial charge in [-0.05, 0) is 44.0 Å². The number of urea groups is 1. The van der Waals surface area contributed by atoms with Gasteiger partial charge in [0.25, 0.3) is 5.91 Å². The molecular weight excluding hydrogens is 370 g/mol. The van der Waals surface area contributed by atoms with Crippen molar-refractivity contribution in [3.05, 3.63) is 54.4 Å². The molecule has 1 aromatic heterocycles. The lowest BCUT2D eigenvalue weighted by atomic mass is 9.88. The summed E-state index contributed by atoms with van der Waals surface area (Å²) in [4.78, 5) is 36.6. The summed E-state index contributed by atoms with van der Waals surface area (Å²) in [6, 6.07) is 11.0. The minimum Gasteiger partial charge on any atom is -0.386 e. The zero-order valence-electron chi connectivity index (χ0n) is 16.2. The predicted octanol–water partition coefficient (Wildman–Crippen LogP) is 3.17. The number of hydrogen-bond donors (Lipinski definition) is 2. The van der Waals surface area contributed by atoms with E-state index in [4.69, 9.17) is 4.84 Å². The highest BCUT2D eigenvalue weighted by atomic mass is 16.7. The Bertz CT molecular complexity index is 929. The minimum absolute atomic E-state index is 0.176. The molecule has 8 nitrogen and oxygen atoms in total. The first kappa shape index (κ1) is 18.9. The van der Waals surface area contributed by atoms with Gasteiger partial charge in [0.15, 0.2) is 5.60 Å². The molecule has 150 valence electrons. The summed E-state index contributed by atoms with van der Waals surface area (Å²) in [6.07, 6.45) is 5.11. The van der Waals surface area contributed by atoms with Gasteiger partial charge < -0.3 is 20.4 Å². The highest BCUT2D eigenvalue weighted by Gasteiger charge is 2.45. The van der Waals surface area contributed by atoms with Gasteiger partial charge in [-0.2, -0.15) is 0 Å². The maximum atomic E-state index is 12.7. The molecule has 0 saturated carbocycles. The average molecular weight is 393 g/mol. The van der Waals surface area contributed by atoms with Crippen molar-refractivity contribution in [3.8, 4) is 0 Å². The van der Waals surface area contributed by atoms with Crippen molar-refractivity contribution < 1.29 is 14.4 Å². The molecule has 4 rings (SSSR count). The first-order chi connectivity index (χ1) is 14.0. The molecule has 0 radical (unpaired) electrons. The molecule has 0 unspecified atom stereocenters. The number of pyridine rings is 1. The largest absolute Gasteiger partial charge is 0.386 e. The number of hydrogen-bond acceptors (Lipinski definition) is 5. The van der Waals surface area contributed by atoms with Crippen molar-refractivity contribution in [2.75, 3.05) is 23.7 Å². The average Bonchev–Trinajstić information content (AvgIpc) is 3.14. The Morgan fingerprint density at radius 2 is 1.97 bits per heavy atom. The molecule has 1 spiro atoms. The first-order valence-electron chi connectivity index (χ1n) is 9.62. The smallest absolute Gasteiger partial charge is 0.321 e. The molecule has 3 heterocycles. The van der Waals surface area contributed by atoms with Crippen LogP contribution in [0.15, 0.2) is 53.9 Å². The van der Waals surface area contributed by atoms with E-state index in [9.17, 15) is 9.59 Å². The molecule has 1 aromatic carbocycles. The number of nitrogens with one attached hydrogen (secondary N) is 2. The summed E-state index contributed by atoms with van der Waals surface area (Å²) in [5, 5.41) is 9.71. The number of likely N-dealkylation sites (tertiary alicyclic amines) is 1. The monoisotopic (exact) mass is 393 g/mol. The van der Waals surface area contributed by atoms with Gasteiger partial charge in [0.2, 0.25) is 0 Å². The summed E-state index contributed by atoms with van der Waals surface area (Å²) in [5.74, 6) is -0.309. The number of amides is 3. The van der Waals surface area contributed by atoms with Crippen LogP contribution in [0.5, 0.6) is 0 Å². The van der Waals surface area contributed by atoms with Gasteiger partial charge in [0.1, 0.15) is 5.71 Å². The van der Waals surface area contributed by atoms with Gasteiger partial charge in [0, 0.05) is 24.8 Å². The molecule has 8 heteroatoms. The molecule has 1 saturated heterocycles. The number of aromatic nitrogens is 1. The van der Waals surface area contributed by atoms with E-state index in [2.05, 4.69) is 20.8 Å². The van der Waals surface area contributed by atoms with Crippen LogP contribution >= 0.6 is 0 Å². The Labute approximate surface area is 168 Å². The summed E-state index contributed by atoms with van der Waals surface area (Å²) in [7, 11) is 0. The topological polar surface area (TPSA) is 95.9 Å². The zero-order valence-corrected chi connectivity index (χ0v) is 16.2. The van der Waals surface area contributed by atoms with E-state index in [1.807, 2.05) is 31.2 Å². The Morgan fingerprint density at radius 3 is 2.72 bits per heavy atom. The van der Waals surface area contributed by atoms with E-state index in [0.29, 0.717) is 30.9 Å². The van der Waals surface area contributed by atoms with E-state index in [0.717, 1.165) is 24.1 Å². The second kappa shape index (κ2) is 7.90. The fourth-order valence-electron chi connectivity index (χ4n) is 3.61. The van der Waals surface area contributed by atoms with Gasteiger partial charge in [-0.1, -0.05) is 22.9 Å². The summed E-state index contributed by atoms with van der Waals surface area (Å²) < 4.78 is 0. The Morgan fingerprint density at radius 1 is 1.14 bits per heavy atom. The molecule has 0 bridgehead atoms. The van der Waals surface area contributed by atoms with Gasteiger partial charge >= 0.3 is 6.03 Å². The molecule has 2 aliphatic rings. The van der Waals surface area contributed by atoms with Gasteiger partial charge in [-0.15, -0.1) is 0 Å². The third-order valence-electron chi connectivity index (χ3n) is 5.15. The molecular formula is C21H23N5O3. The van der Waals surface area contributed by atoms with Crippen LogP contribution in [0.2, 0.25) is 0 Å². The third-order valence-corrected chi connectivity index (χ3v) is 5.15. The number of piperidine rings is 1. The highest BCUT2D eigenvalue weighted by molar-refractivity contribution is 6.43. The molecule has 2 aromatic rings. The van der Waals surface area contributed by atoms with Crippen molar-refractivity contribution >= 4 is 29.0 Å². The van der Waals surface area contributed by atoms with E-state index < -0.39 is 5.60 Å². The maximum absolute atomic E-state index is 12.7. The Balaban J connectivity index is 1.36. The number of benzene rings is 1. The Hall–Kier alpha value is -3.42. The van der Waals surface area contributed by atoms with Gasteiger partial charge in [-0.3, -0.25) is 9.78 Å². The molecule has 29 heavy (non-hydrogen) atoms. The van der Waals surface area contributed by atoms with E-state index in [-0.39, 0.29) is 11.9 Å². The normalized spacial score (nSPS) is 20.7. The second-order valence-corrected chi connectivity index (χ2v) is 7.51. The van der Waals surface area contributed by atoms with E-state index >= 15 is 0 Å². The van der Waals surface area contributed by atoms with Crippen molar-refractivity contribution in [3.63, 3.8) is 0 Å². The number of nitrogens with zero attached hydrogens (tertiary/aromatic N) is 3. The standard InChI is InChI=1S/C21H23N5O3/c1-15-5-7-16(8-6-15)24-20(28)26-11-3-9-21(14-26)12-18(25-29-21)19(27)23-17-4-2-10-22-13-17/h2,4-8,10,13H,3,9,11-12,14H2,1H3,(H,23,27)(H,24,28)/t21-/m0/s1. The minimum atomic E-state index is -0.648. The fourth-order valence-corrected chi connectivity index (χ4v) is 3.61. The maximum Gasteiger partial charge on any atom is 0.321 e. The van der Waals surface area contributed by atoms with Crippen molar-refractivity contribution in [2.24, 2.45) is 5.16 Å². The lowest BCUT2D eigenvalue weighted by molar-refractivity contribution is -0.110. The zero-order chi connectivity index (χ0) is 20.3. The summed E-state index contributed by atoms with van der Waals surface area (Å²) >= 11 is 0. The van der Waals surface area contributed by atoms with Crippen LogP contribution in [0, 0.1) is 6.92 Å². The summed E-state index contributed by atoms with van der Waals surface area (Å²) in [6.45, 7) is 3.03. The third kappa shape index (κ3) is 4.37. The number of oxime groups is 1. The molecule has 0 aliphatic carbocycles. The van der Waals surface area contributed by atoms with E-state index in [1.54, 1.807) is 29.4 Å². The SMILES string of the molecule is Cc1ccc(NC(=O)N2CCC[C@]3(CC(C(=O)Nc4cccnc4)=NO3)C2)cc1. The molecule has 1 atom stereocenters. The van der Waals surface area contributed by atoms with Crippen LogP contribution in [-0.2, 0) is 9.63 Å². The molecule has 1 fully saturated rings. The lowest BCUT2D eigenvalue weighted by Crippen LogP contribution is -2.52. The fraction of sp³-hybridized carbons (Fsp3) is 0.333. The van der Waals surface area contributed by atoms with Crippen LogP contribution in [0.4, 0.5) is 16.2 Å². The van der Waals surface area contributed by atoms with Crippen molar-refractivity contribution in [2.45, 2.75) is 31.8 Å². The molecule has 3 amide bonds. The van der Waals surface area contributed by atoms with Crippen molar-refractivity contribution in [1.29, 1.82) is 0 Å². The Kier molecular flexibility index (Phi) is 5.16. The lowest BCUT2D eigenvalue weighted by Gasteiger charge is -2.38. The number of anilines is 2. The quantitative estimate of drug-likeness (QED) is 0.837. The number of carbonyl (C=O) groups excluding carboxylic acids is 2. The molecule has 2 N–H and O–H groups in total. The predicted molar refractivity (Wildman–Crippen MR) is 110 cm³/mol. The van der Waals surface area contributed by atoms with E-state index in [1.165, 1.54) is 0 Å². The van der Waals surface area contributed by atoms with Gasteiger partial charge in [-0.25, -0.2) is 4.79 Å². The number of aryl methyl sites for hydroxylation is 1.